The summed E-state index contributed by atoms with van der Waals surface area (Å²) in [5.41, 5.74) is 12.9. The average molecular weight is 605 g/mol. The number of aromatic nitrogens is 2. The predicted molar refractivity (Wildman–Crippen MR) is 176 cm³/mol. The number of methoxy groups -OCH3 is 2. The lowest BCUT2D eigenvalue weighted by molar-refractivity contribution is -0.383. The number of pyridine rings is 2. The molecule has 0 spiro atoms. The third kappa shape index (κ3) is 8.55. The Kier molecular flexibility index (Phi) is 11.8. The van der Waals surface area contributed by atoms with Gasteiger partial charge in [0.25, 0.3) is 16.8 Å². The van der Waals surface area contributed by atoms with Gasteiger partial charge < -0.3 is 35.0 Å². The highest BCUT2D eigenvalue weighted by Gasteiger charge is 2.15. The van der Waals surface area contributed by atoms with E-state index in [4.69, 9.17) is 15.2 Å². The van der Waals surface area contributed by atoms with Crippen LogP contribution in [0.5, 0.6) is 0 Å². The van der Waals surface area contributed by atoms with Gasteiger partial charge in [0.2, 0.25) is 0 Å². The zero-order valence-electron chi connectivity index (χ0n) is 26.0. The Labute approximate surface area is 256 Å². The number of ether oxygens (including phenoxy) is 2. The molecule has 12 heteroatoms. The first-order valence-corrected chi connectivity index (χ1v) is 14.0. The number of hydrogen-bond acceptors (Lipinski definition) is 9. The van der Waals surface area contributed by atoms with Crippen molar-refractivity contribution in [2.45, 2.75) is 13.8 Å². The SMILES string of the molecule is COCCNc1cc(-c2cc(C)c(=O)n(C)c2)ccc1N.COCCNc1cc(-c2cc(C)c(=O)n(C)c2)ccc1[N+](=O)[O-]. The van der Waals surface area contributed by atoms with Crippen molar-refractivity contribution in [1.82, 2.24) is 9.13 Å². The van der Waals surface area contributed by atoms with Crippen LogP contribution >= 0.6 is 0 Å². The number of rotatable bonds is 11. The minimum absolute atomic E-state index is 0.00592. The summed E-state index contributed by atoms with van der Waals surface area (Å²) in [5.74, 6) is 0. The number of nitrogens with zero attached hydrogens (tertiary/aromatic N) is 3. The summed E-state index contributed by atoms with van der Waals surface area (Å²) in [7, 11) is 6.67. The van der Waals surface area contributed by atoms with Crippen molar-refractivity contribution in [3.05, 3.63) is 103 Å². The van der Waals surface area contributed by atoms with Crippen molar-refractivity contribution in [2.24, 2.45) is 14.1 Å². The molecule has 4 aromatic rings. The van der Waals surface area contributed by atoms with E-state index in [0.29, 0.717) is 43.2 Å². The molecule has 0 aliphatic carbocycles. The van der Waals surface area contributed by atoms with Crippen LogP contribution < -0.4 is 27.5 Å². The highest BCUT2D eigenvalue weighted by Crippen LogP contribution is 2.30. The molecule has 4 N–H and O–H groups in total. The Morgan fingerprint density at radius 2 is 1.20 bits per heavy atom. The van der Waals surface area contributed by atoms with E-state index in [1.54, 1.807) is 64.2 Å². The number of benzene rings is 2. The monoisotopic (exact) mass is 604 g/mol. The number of nitrogens with one attached hydrogen (secondary N) is 2. The summed E-state index contributed by atoms with van der Waals surface area (Å²) in [6.45, 7) is 5.78. The van der Waals surface area contributed by atoms with Gasteiger partial charge in [-0.25, -0.2) is 0 Å². The van der Waals surface area contributed by atoms with E-state index in [9.17, 15) is 19.7 Å². The number of hydrogen-bond donors (Lipinski definition) is 3. The minimum atomic E-state index is -0.426. The van der Waals surface area contributed by atoms with Gasteiger partial charge in [-0.2, -0.15) is 0 Å². The minimum Gasteiger partial charge on any atom is -0.397 e. The summed E-state index contributed by atoms with van der Waals surface area (Å²) < 4.78 is 13.1. The maximum atomic E-state index is 11.8. The van der Waals surface area contributed by atoms with E-state index in [1.165, 1.54) is 10.6 Å². The predicted octanol–water partition coefficient (Wildman–Crippen LogP) is 4.33. The van der Waals surface area contributed by atoms with Gasteiger partial charge >= 0.3 is 0 Å². The molecule has 0 amide bonds. The molecule has 0 atom stereocenters. The largest absolute Gasteiger partial charge is 0.397 e. The number of anilines is 3. The molecular formula is C32H40N6O6. The molecule has 4 rings (SSSR count). The topological polar surface area (TPSA) is 156 Å². The van der Waals surface area contributed by atoms with E-state index in [0.717, 1.165) is 33.5 Å². The van der Waals surface area contributed by atoms with Gasteiger partial charge in [-0.15, -0.1) is 0 Å². The van der Waals surface area contributed by atoms with E-state index in [2.05, 4.69) is 10.6 Å². The van der Waals surface area contributed by atoms with Crippen LogP contribution in [-0.4, -0.2) is 54.6 Å². The highest BCUT2D eigenvalue weighted by molar-refractivity contribution is 5.76. The standard InChI is InChI=1S/C16H19N3O4.C16H21N3O2/c1-11-8-13(10-18(2)16(11)20)12-4-5-15(19(21)22)14(9-12)17-6-7-23-3;1-11-8-13(10-19(2)16(11)20)12-4-5-14(17)15(9-12)18-6-7-21-3/h4-5,8-10,17H,6-7H2,1-3H3;4-5,8-10,18H,6-7,17H2,1-3H3. The lowest BCUT2D eigenvalue weighted by Crippen LogP contribution is -2.18. The number of aryl methyl sites for hydroxylation is 4. The van der Waals surface area contributed by atoms with Crippen LogP contribution in [0.1, 0.15) is 11.1 Å². The molecule has 0 saturated heterocycles. The smallest absolute Gasteiger partial charge is 0.292 e. The average Bonchev–Trinajstić information content (AvgIpc) is 2.99. The second-order valence-electron chi connectivity index (χ2n) is 10.3. The van der Waals surface area contributed by atoms with Crippen molar-refractivity contribution in [3.8, 4) is 22.3 Å². The van der Waals surface area contributed by atoms with Crippen LogP contribution in [0.15, 0.2) is 70.5 Å². The summed E-state index contributed by atoms with van der Waals surface area (Å²) in [5, 5.41) is 17.4. The maximum Gasteiger partial charge on any atom is 0.292 e. The quantitative estimate of drug-likeness (QED) is 0.0982. The second-order valence-corrected chi connectivity index (χ2v) is 10.3. The van der Waals surface area contributed by atoms with Crippen LogP contribution in [0.25, 0.3) is 22.3 Å². The van der Waals surface area contributed by atoms with E-state index < -0.39 is 4.92 Å². The molecule has 0 unspecified atom stereocenters. The fraction of sp³-hybridized carbons (Fsp3) is 0.312. The molecule has 0 saturated carbocycles. The Balaban J connectivity index is 0.000000241. The van der Waals surface area contributed by atoms with Crippen LogP contribution in [-0.2, 0) is 23.6 Å². The normalized spacial score (nSPS) is 10.6. The van der Waals surface area contributed by atoms with Crippen LogP contribution in [0.4, 0.5) is 22.7 Å². The van der Waals surface area contributed by atoms with E-state index in [-0.39, 0.29) is 16.8 Å². The molecule has 2 heterocycles. The summed E-state index contributed by atoms with van der Waals surface area (Å²) >= 11 is 0. The van der Waals surface area contributed by atoms with Gasteiger partial charge in [-0.1, -0.05) is 6.07 Å². The Hall–Kier alpha value is -4.94. The van der Waals surface area contributed by atoms with Crippen molar-refractivity contribution in [3.63, 3.8) is 0 Å². The van der Waals surface area contributed by atoms with Gasteiger partial charge in [0, 0.05) is 71.0 Å². The van der Waals surface area contributed by atoms with Crippen molar-refractivity contribution >= 4 is 22.7 Å². The second kappa shape index (κ2) is 15.5. The fourth-order valence-corrected chi connectivity index (χ4v) is 4.55. The fourth-order valence-electron chi connectivity index (χ4n) is 4.55. The lowest BCUT2D eigenvalue weighted by Gasteiger charge is -2.12. The molecule has 2 aromatic heterocycles. The van der Waals surface area contributed by atoms with Crippen molar-refractivity contribution in [2.75, 3.05) is 56.9 Å². The Morgan fingerprint density at radius 1 is 0.750 bits per heavy atom. The van der Waals surface area contributed by atoms with Gasteiger partial charge in [0.15, 0.2) is 0 Å². The zero-order valence-corrected chi connectivity index (χ0v) is 26.0. The number of nitro groups is 1. The summed E-state index contributed by atoms with van der Waals surface area (Å²) in [6, 6.07) is 14.3. The molecule has 0 radical (unpaired) electrons. The van der Waals surface area contributed by atoms with Crippen molar-refractivity contribution in [1.29, 1.82) is 0 Å². The Morgan fingerprint density at radius 3 is 1.66 bits per heavy atom. The third-order valence-electron chi connectivity index (χ3n) is 6.88. The highest BCUT2D eigenvalue weighted by atomic mass is 16.6. The van der Waals surface area contributed by atoms with Crippen LogP contribution in [0.3, 0.4) is 0 Å². The first-order chi connectivity index (χ1) is 21.0. The molecule has 0 bridgehead atoms. The zero-order chi connectivity index (χ0) is 32.4. The van der Waals surface area contributed by atoms with Gasteiger partial charge in [0.1, 0.15) is 5.69 Å². The molecule has 44 heavy (non-hydrogen) atoms. The van der Waals surface area contributed by atoms with Gasteiger partial charge in [-0.3, -0.25) is 19.7 Å². The van der Waals surface area contributed by atoms with Crippen molar-refractivity contribution < 1.29 is 14.4 Å². The molecular weight excluding hydrogens is 564 g/mol. The number of nitro benzene ring substituents is 1. The first kappa shape index (κ1) is 33.6. The summed E-state index contributed by atoms with van der Waals surface area (Å²) in [4.78, 5) is 34.3. The van der Waals surface area contributed by atoms with Crippen LogP contribution in [0, 0.1) is 24.0 Å². The number of nitrogen functional groups attached to an aromatic ring is 1. The molecule has 0 aliphatic rings. The Bertz CT molecular complexity index is 1680. The van der Waals surface area contributed by atoms with Gasteiger partial charge in [-0.05, 0) is 72.5 Å². The molecule has 0 aliphatic heterocycles. The van der Waals surface area contributed by atoms with E-state index >= 15 is 0 Å². The maximum absolute atomic E-state index is 11.8. The van der Waals surface area contributed by atoms with Gasteiger partial charge in [0.05, 0.1) is 29.5 Å². The molecule has 12 nitrogen and oxygen atoms in total. The molecule has 2 aromatic carbocycles. The van der Waals surface area contributed by atoms with E-state index in [1.807, 2.05) is 37.4 Å². The lowest BCUT2D eigenvalue weighted by atomic mass is 10.0. The summed E-state index contributed by atoms with van der Waals surface area (Å²) in [6.07, 6.45) is 3.55. The number of nitrogens with two attached hydrogens (primary N) is 1. The van der Waals surface area contributed by atoms with Crippen LogP contribution in [0.2, 0.25) is 0 Å². The molecule has 0 fully saturated rings. The first-order valence-electron chi connectivity index (χ1n) is 14.0. The third-order valence-corrected chi connectivity index (χ3v) is 6.88. The molecule has 234 valence electrons.